The lowest BCUT2D eigenvalue weighted by Gasteiger charge is -2.30. The third kappa shape index (κ3) is 15.6. The quantitative estimate of drug-likeness (QED) is 0.0821. The van der Waals surface area contributed by atoms with Crippen molar-refractivity contribution in [3.63, 3.8) is 0 Å². The second kappa shape index (κ2) is 23.7. The fraction of sp³-hybridized carbons (Fsp3) is 0.289. The Labute approximate surface area is 369 Å². The highest BCUT2D eigenvalue weighted by molar-refractivity contribution is 7.80. The maximum atomic E-state index is 14.5. The molecule has 0 aromatic heterocycles. The van der Waals surface area contributed by atoms with Crippen LogP contribution >= 0.6 is 12.6 Å². The lowest BCUT2D eigenvalue weighted by Crippen LogP contribution is -2.57. The number of hydrogen-bond donors (Lipinski definition) is 3. The molecule has 0 bridgehead atoms. The number of carbonyl (C=O) groups excluding carboxylic acids is 7. The van der Waals surface area contributed by atoms with E-state index in [1.54, 1.807) is 142 Å². The summed E-state index contributed by atoms with van der Waals surface area (Å²) in [4.78, 5) is 110. The monoisotopic (exact) mass is 884 g/mol. The molecule has 0 heterocycles. The Bertz CT molecular complexity index is 2190. The zero-order valence-electron chi connectivity index (χ0n) is 34.8. The van der Waals surface area contributed by atoms with Crippen molar-refractivity contribution in [2.45, 2.75) is 64.7 Å². The maximum absolute atomic E-state index is 14.5. The summed E-state index contributed by atoms with van der Waals surface area (Å²) in [5.74, 6) is -6.27. The maximum Gasteiger partial charge on any atom is 0.417 e. The number of carboxylic acids is 1. The molecule has 4 aromatic carbocycles. The SMILES string of the molecule is CC(C)(C)OC(=O)N[C@@H](Cc1ccccc1)C(=O)N(CC(=O)N(CC(=O)N(C(=O)OCc1ccccc1)[C@@H](CS)C(=O)O)C(=O)OCc1ccccc1)C(=O)OCc1ccccc1. The first-order valence-electron chi connectivity index (χ1n) is 19.5. The van der Waals surface area contributed by atoms with E-state index in [0.29, 0.717) is 27.2 Å². The molecule has 0 radical (unpaired) electrons. The Morgan fingerprint density at radius 1 is 0.587 bits per heavy atom. The molecule has 18 heteroatoms. The molecule has 4 aromatic rings. The topological polar surface area (TPSA) is 215 Å². The lowest BCUT2D eigenvalue weighted by molar-refractivity contribution is -0.149. The molecule has 0 unspecified atom stereocenters. The molecule has 2 N–H and O–H groups in total. The van der Waals surface area contributed by atoms with Crippen LogP contribution in [-0.4, -0.2) is 104 Å². The Hall–Kier alpha value is -7.21. The molecule has 332 valence electrons. The zero-order valence-corrected chi connectivity index (χ0v) is 35.7. The van der Waals surface area contributed by atoms with Gasteiger partial charge < -0.3 is 29.4 Å². The number of ether oxygens (including phenoxy) is 4. The number of imide groups is 3. The standard InChI is InChI=1S/C45H48N4O13S/c1-45(2,3)62-41(55)46-35(24-31-16-8-4-9-17-31)39(52)48(43(57)60-28-33-20-12-6-13-21-33)25-37(50)47(42(56)59-27-32-18-10-5-11-19-32)26-38(51)49(36(30-63)40(53)54)44(58)61-29-34-22-14-7-15-23-34/h4-23,35-36,63H,24-30H2,1-3H3,(H,46,55)(H,53,54)/t35-,36-/m0/s1. The van der Waals surface area contributed by atoms with Gasteiger partial charge in [0, 0.05) is 12.2 Å². The van der Waals surface area contributed by atoms with Gasteiger partial charge in [0.15, 0.2) is 0 Å². The van der Waals surface area contributed by atoms with Crippen LogP contribution in [0.2, 0.25) is 0 Å². The van der Waals surface area contributed by atoms with Crippen molar-refractivity contribution in [1.82, 2.24) is 20.0 Å². The summed E-state index contributed by atoms with van der Waals surface area (Å²) in [6, 6.07) is 29.7. The largest absolute Gasteiger partial charge is 0.480 e. The van der Waals surface area contributed by atoms with Gasteiger partial charge in [0.05, 0.1) is 0 Å². The summed E-state index contributed by atoms with van der Waals surface area (Å²) in [7, 11) is 0. The van der Waals surface area contributed by atoms with E-state index in [2.05, 4.69) is 17.9 Å². The summed E-state index contributed by atoms with van der Waals surface area (Å²) in [5, 5.41) is 12.4. The van der Waals surface area contributed by atoms with Crippen molar-refractivity contribution >= 4 is 60.7 Å². The smallest absolute Gasteiger partial charge is 0.417 e. The van der Waals surface area contributed by atoms with Gasteiger partial charge in [-0.15, -0.1) is 0 Å². The Kier molecular flexibility index (Phi) is 18.2. The normalized spacial score (nSPS) is 11.7. The lowest BCUT2D eigenvalue weighted by atomic mass is 10.0. The fourth-order valence-corrected chi connectivity index (χ4v) is 5.98. The van der Waals surface area contributed by atoms with Crippen molar-refractivity contribution in [3.05, 3.63) is 144 Å². The number of hydrogen-bond acceptors (Lipinski definition) is 13. The predicted octanol–water partition coefficient (Wildman–Crippen LogP) is 6.00. The van der Waals surface area contributed by atoms with E-state index in [1.165, 1.54) is 0 Å². The van der Waals surface area contributed by atoms with Crippen LogP contribution in [0.1, 0.15) is 43.0 Å². The van der Waals surface area contributed by atoms with Crippen molar-refractivity contribution < 1.29 is 62.4 Å². The van der Waals surface area contributed by atoms with Crippen molar-refractivity contribution in [2.75, 3.05) is 18.8 Å². The number of nitrogens with zero attached hydrogens (tertiary/aromatic N) is 3. The third-order valence-electron chi connectivity index (χ3n) is 8.72. The first kappa shape index (κ1) is 48.5. The van der Waals surface area contributed by atoms with Gasteiger partial charge in [-0.2, -0.15) is 12.6 Å². The van der Waals surface area contributed by atoms with Gasteiger partial charge in [0.2, 0.25) is 0 Å². The molecule has 0 aliphatic heterocycles. The van der Waals surface area contributed by atoms with Crippen LogP contribution in [0.15, 0.2) is 121 Å². The summed E-state index contributed by atoms with van der Waals surface area (Å²) < 4.78 is 21.5. The minimum atomic E-state index is -1.94. The van der Waals surface area contributed by atoms with Crippen molar-refractivity contribution in [2.24, 2.45) is 0 Å². The molecule has 0 aliphatic carbocycles. The average Bonchev–Trinajstić information content (AvgIpc) is 3.26. The van der Waals surface area contributed by atoms with Gasteiger partial charge in [-0.1, -0.05) is 121 Å². The fourth-order valence-electron chi connectivity index (χ4n) is 5.66. The van der Waals surface area contributed by atoms with Crippen LogP contribution in [0.25, 0.3) is 0 Å². The molecule has 0 fully saturated rings. The third-order valence-corrected chi connectivity index (χ3v) is 9.06. The molecular weight excluding hydrogens is 837 g/mol. The Morgan fingerprint density at radius 2 is 0.984 bits per heavy atom. The van der Waals surface area contributed by atoms with Gasteiger partial charge in [0.1, 0.15) is 50.6 Å². The van der Waals surface area contributed by atoms with Crippen LogP contribution in [0, 0.1) is 0 Å². The molecular formula is C45H48N4O13S. The van der Waals surface area contributed by atoms with Crippen LogP contribution in [-0.2, 0) is 64.4 Å². The number of carboxylic acid groups (broad SMARTS) is 1. The Balaban J connectivity index is 1.72. The second-order valence-electron chi connectivity index (χ2n) is 14.7. The van der Waals surface area contributed by atoms with Crippen LogP contribution in [0.3, 0.4) is 0 Å². The molecule has 7 amide bonds. The van der Waals surface area contributed by atoms with Crippen molar-refractivity contribution in [1.29, 1.82) is 0 Å². The van der Waals surface area contributed by atoms with Gasteiger partial charge in [-0.3, -0.25) is 14.4 Å². The number of amides is 7. The second-order valence-corrected chi connectivity index (χ2v) is 15.1. The molecule has 0 saturated carbocycles. The van der Waals surface area contributed by atoms with E-state index >= 15 is 0 Å². The first-order chi connectivity index (χ1) is 30.1. The molecule has 0 spiro atoms. The van der Waals surface area contributed by atoms with E-state index in [1.807, 2.05) is 0 Å². The minimum absolute atomic E-state index is 0.195. The summed E-state index contributed by atoms with van der Waals surface area (Å²) >= 11 is 4.02. The molecule has 2 atom stereocenters. The van der Waals surface area contributed by atoms with E-state index in [9.17, 15) is 43.5 Å². The van der Waals surface area contributed by atoms with Gasteiger partial charge >= 0.3 is 30.3 Å². The van der Waals surface area contributed by atoms with Gasteiger partial charge in [-0.25, -0.2) is 38.7 Å². The van der Waals surface area contributed by atoms with Crippen molar-refractivity contribution in [3.8, 4) is 0 Å². The highest BCUT2D eigenvalue weighted by Gasteiger charge is 2.40. The summed E-state index contributed by atoms with van der Waals surface area (Å²) in [6.45, 7) is 0.990. The highest BCUT2D eigenvalue weighted by atomic mass is 32.1. The number of benzene rings is 4. The molecule has 0 saturated heterocycles. The molecule has 0 aliphatic rings. The van der Waals surface area contributed by atoms with Crippen LogP contribution in [0.4, 0.5) is 19.2 Å². The minimum Gasteiger partial charge on any atom is -0.480 e. The number of carbonyl (C=O) groups is 8. The van der Waals surface area contributed by atoms with Crippen LogP contribution in [0.5, 0.6) is 0 Å². The number of rotatable bonds is 17. The van der Waals surface area contributed by atoms with E-state index in [4.69, 9.17) is 18.9 Å². The predicted molar refractivity (Wildman–Crippen MR) is 229 cm³/mol. The van der Waals surface area contributed by atoms with Gasteiger partial charge in [0.25, 0.3) is 17.7 Å². The highest BCUT2D eigenvalue weighted by Crippen LogP contribution is 2.16. The van der Waals surface area contributed by atoms with Gasteiger partial charge in [-0.05, 0) is 43.0 Å². The molecule has 4 rings (SSSR count). The van der Waals surface area contributed by atoms with E-state index in [0.717, 1.165) is 0 Å². The number of thiol groups is 1. The molecule has 63 heavy (non-hydrogen) atoms. The number of aliphatic carboxylic acids is 1. The zero-order chi connectivity index (χ0) is 45.9. The number of alkyl carbamates (subject to hydrolysis) is 1. The van der Waals surface area contributed by atoms with E-state index < -0.39 is 91.2 Å². The van der Waals surface area contributed by atoms with Crippen LogP contribution < -0.4 is 5.32 Å². The first-order valence-corrected chi connectivity index (χ1v) is 20.1. The Morgan fingerprint density at radius 3 is 1.40 bits per heavy atom. The molecule has 17 nitrogen and oxygen atoms in total. The summed E-state index contributed by atoms with van der Waals surface area (Å²) in [5.41, 5.74) is 0.994. The van der Waals surface area contributed by atoms with E-state index in [-0.39, 0.29) is 29.4 Å². The number of nitrogens with one attached hydrogen (secondary N) is 1. The average molecular weight is 885 g/mol. The summed E-state index contributed by atoms with van der Waals surface area (Å²) in [6.07, 6.45) is -5.53.